The van der Waals surface area contributed by atoms with E-state index in [2.05, 4.69) is 0 Å². The number of carboxylic acid groups (broad SMARTS) is 1. The van der Waals surface area contributed by atoms with Crippen LogP contribution >= 0.6 is 0 Å². The SMILES string of the molecule is CCN(CC)S(=O)(=O)CC(=O)N1CCOC[C@@H]1C(=O)O. The van der Waals surface area contributed by atoms with Gasteiger partial charge in [0.25, 0.3) is 0 Å². The normalized spacial score (nSPS) is 20.1. The molecule has 1 fully saturated rings. The van der Waals surface area contributed by atoms with Crippen molar-refractivity contribution in [3.8, 4) is 0 Å². The molecule has 8 nitrogen and oxygen atoms in total. The summed E-state index contributed by atoms with van der Waals surface area (Å²) >= 11 is 0. The first-order valence-corrected chi connectivity index (χ1v) is 8.02. The maximum atomic E-state index is 12.1. The molecule has 9 heteroatoms. The van der Waals surface area contributed by atoms with Crippen LogP contribution in [0.15, 0.2) is 0 Å². The first-order valence-electron chi connectivity index (χ1n) is 6.41. The molecule has 1 rings (SSSR count). The molecule has 20 heavy (non-hydrogen) atoms. The summed E-state index contributed by atoms with van der Waals surface area (Å²) in [6.45, 7) is 4.09. The molecule has 0 saturated carbocycles. The number of aliphatic carboxylic acids is 1. The number of carbonyl (C=O) groups excluding carboxylic acids is 1. The van der Waals surface area contributed by atoms with Crippen LogP contribution in [0.4, 0.5) is 0 Å². The maximum Gasteiger partial charge on any atom is 0.328 e. The molecule has 1 N–H and O–H groups in total. The van der Waals surface area contributed by atoms with Gasteiger partial charge < -0.3 is 14.7 Å². The molecule has 1 amide bonds. The van der Waals surface area contributed by atoms with Crippen molar-refractivity contribution >= 4 is 21.9 Å². The van der Waals surface area contributed by atoms with E-state index in [0.29, 0.717) is 0 Å². The van der Waals surface area contributed by atoms with Gasteiger partial charge in [-0.25, -0.2) is 17.5 Å². The van der Waals surface area contributed by atoms with Gasteiger partial charge in [0, 0.05) is 19.6 Å². The van der Waals surface area contributed by atoms with E-state index in [1.165, 1.54) is 4.31 Å². The number of amides is 1. The number of ether oxygens (including phenoxy) is 1. The predicted octanol–water partition coefficient (Wildman–Crippen LogP) is -1.03. The van der Waals surface area contributed by atoms with Crippen molar-refractivity contribution < 1.29 is 27.9 Å². The van der Waals surface area contributed by atoms with Crippen LogP contribution in [0.1, 0.15) is 13.8 Å². The highest BCUT2D eigenvalue weighted by Crippen LogP contribution is 2.10. The third kappa shape index (κ3) is 3.90. The van der Waals surface area contributed by atoms with E-state index in [1.54, 1.807) is 13.8 Å². The second-order valence-electron chi connectivity index (χ2n) is 4.36. The number of rotatable bonds is 6. The summed E-state index contributed by atoms with van der Waals surface area (Å²) in [7, 11) is -3.71. The molecule has 1 aliphatic heterocycles. The van der Waals surface area contributed by atoms with Gasteiger partial charge in [-0.1, -0.05) is 13.8 Å². The third-order valence-corrected chi connectivity index (χ3v) is 5.05. The maximum absolute atomic E-state index is 12.1. The van der Waals surface area contributed by atoms with Gasteiger partial charge in [-0.2, -0.15) is 0 Å². The smallest absolute Gasteiger partial charge is 0.328 e. The summed E-state index contributed by atoms with van der Waals surface area (Å²) in [5, 5.41) is 9.02. The first-order chi connectivity index (χ1) is 9.33. The van der Waals surface area contributed by atoms with Crippen molar-refractivity contribution in [1.29, 1.82) is 0 Å². The number of hydrogen-bond donors (Lipinski definition) is 1. The summed E-state index contributed by atoms with van der Waals surface area (Å²) in [6.07, 6.45) is 0. The average molecular weight is 308 g/mol. The lowest BCUT2D eigenvalue weighted by atomic mass is 10.2. The first kappa shape index (κ1) is 16.9. The van der Waals surface area contributed by atoms with E-state index in [0.717, 1.165) is 4.90 Å². The van der Waals surface area contributed by atoms with Crippen LogP contribution in [0.2, 0.25) is 0 Å². The summed E-state index contributed by atoms with van der Waals surface area (Å²) in [4.78, 5) is 24.2. The molecule has 1 saturated heterocycles. The van der Waals surface area contributed by atoms with Crippen LogP contribution in [0.25, 0.3) is 0 Å². The molecule has 0 aromatic carbocycles. The monoisotopic (exact) mass is 308 g/mol. The van der Waals surface area contributed by atoms with Gasteiger partial charge in [0.2, 0.25) is 15.9 Å². The highest BCUT2D eigenvalue weighted by atomic mass is 32.2. The second kappa shape index (κ2) is 7.00. The van der Waals surface area contributed by atoms with Crippen molar-refractivity contribution in [3.05, 3.63) is 0 Å². The van der Waals surface area contributed by atoms with Gasteiger partial charge in [-0.3, -0.25) is 4.79 Å². The molecule has 0 aromatic heterocycles. The second-order valence-corrected chi connectivity index (χ2v) is 6.33. The predicted molar refractivity (Wildman–Crippen MR) is 70.7 cm³/mol. The highest BCUT2D eigenvalue weighted by Gasteiger charge is 2.35. The van der Waals surface area contributed by atoms with Gasteiger partial charge in [-0.05, 0) is 0 Å². The van der Waals surface area contributed by atoms with E-state index >= 15 is 0 Å². The Hall–Kier alpha value is -1.19. The Morgan fingerprint density at radius 1 is 1.35 bits per heavy atom. The zero-order valence-corrected chi connectivity index (χ0v) is 12.4. The van der Waals surface area contributed by atoms with Crippen molar-refractivity contribution in [2.75, 3.05) is 38.6 Å². The van der Waals surface area contributed by atoms with Crippen LogP contribution in [-0.4, -0.2) is 79.2 Å². The van der Waals surface area contributed by atoms with Gasteiger partial charge >= 0.3 is 5.97 Å². The van der Waals surface area contributed by atoms with Crippen molar-refractivity contribution in [2.24, 2.45) is 0 Å². The van der Waals surface area contributed by atoms with E-state index in [4.69, 9.17) is 9.84 Å². The highest BCUT2D eigenvalue weighted by molar-refractivity contribution is 7.89. The average Bonchev–Trinajstić information content (AvgIpc) is 2.39. The van der Waals surface area contributed by atoms with E-state index < -0.39 is 33.7 Å². The van der Waals surface area contributed by atoms with E-state index in [9.17, 15) is 18.0 Å². The minimum Gasteiger partial charge on any atom is -0.480 e. The summed E-state index contributed by atoms with van der Waals surface area (Å²) in [6, 6.07) is -1.12. The lowest BCUT2D eigenvalue weighted by Crippen LogP contribution is -2.54. The molecular formula is C11H20N2O6S. The Balaban J connectivity index is 2.81. The van der Waals surface area contributed by atoms with Crippen LogP contribution in [0, 0.1) is 0 Å². The lowest BCUT2D eigenvalue weighted by molar-refractivity contribution is -0.157. The largest absolute Gasteiger partial charge is 0.480 e. The molecule has 1 atom stereocenters. The summed E-state index contributed by atoms with van der Waals surface area (Å²) in [5.41, 5.74) is 0. The summed E-state index contributed by atoms with van der Waals surface area (Å²) in [5.74, 6) is -2.61. The Labute approximate surface area is 118 Å². The quantitative estimate of drug-likeness (QED) is 0.673. The number of carboxylic acids is 1. The number of sulfonamides is 1. The zero-order valence-electron chi connectivity index (χ0n) is 11.6. The standard InChI is InChI=1S/C11H20N2O6S/c1-3-12(4-2)20(17,18)8-10(14)13-5-6-19-7-9(13)11(15)16/h9H,3-8H2,1-2H3,(H,15,16)/t9-/m1/s1. The molecule has 0 radical (unpaired) electrons. The minimum atomic E-state index is -3.71. The third-order valence-electron chi connectivity index (χ3n) is 3.14. The topological polar surface area (TPSA) is 104 Å². The number of nitrogens with zero attached hydrogens (tertiary/aromatic N) is 2. The van der Waals surface area contributed by atoms with Gasteiger partial charge in [-0.15, -0.1) is 0 Å². The van der Waals surface area contributed by atoms with Gasteiger partial charge in [0.05, 0.1) is 13.2 Å². The van der Waals surface area contributed by atoms with Crippen LogP contribution in [0.5, 0.6) is 0 Å². The van der Waals surface area contributed by atoms with E-state index in [-0.39, 0.29) is 32.8 Å². The Bertz CT molecular complexity index is 460. The van der Waals surface area contributed by atoms with Crippen molar-refractivity contribution in [2.45, 2.75) is 19.9 Å². The molecule has 116 valence electrons. The van der Waals surface area contributed by atoms with Crippen molar-refractivity contribution in [1.82, 2.24) is 9.21 Å². The molecule has 0 unspecified atom stereocenters. The Kier molecular flexibility index (Phi) is 5.90. The van der Waals surface area contributed by atoms with Gasteiger partial charge in [0.15, 0.2) is 6.04 Å². The molecule has 1 heterocycles. The lowest BCUT2D eigenvalue weighted by Gasteiger charge is -2.33. The molecule has 0 aromatic rings. The minimum absolute atomic E-state index is 0.0869. The van der Waals surface area contributed by atoms with E-state index in [1.807, 2.05) is 0 Å². The van der Waals surface area contributed by atoms with Crippen LogP contribution < -0.4 is 0 Å². The van der Waals surface area contributed by atoms with Crippen LogP contribution in [-0.2, 0) is 24.3 Å². The fourth-order valence-corrected chi connectivity index (χ4v) is 3.50. The number of hydrogen-bond acceptors (Lipinski definition) is 5. The fourth-order valence-electron chi connectivity index (χ4n) is 2.05. The zero-order chi connectivity index (χ0) is 15.3. The number of morpholine rings is 1. The number of carbonyl (C=O) groups is 2. The van der Waals surface area contributed by atoms with Crippen LogP contribution in [0.3, 0.4) is 0 Å². The molecular weight excluding hydrogens is 288 g/mol. The Morgan fingerprint density at radius 3 is 2.45 bits per heavy atom. The summed E-state index contributed by atoms with van der Waals surface area (Å²) < 4.78 is 30.2. The molecule has 0 spiro atoms. The fraction of sp³-hybridized carbons (Fsp3) is 0.818. The molecule has 0 aliphatic carbocycles. The molecule has 0 bridgehead atoms. The Morgan fingerprint density at radius 2 is 1.95 bits per heavy atom. The van der Waals surface area contributed by atoms with Gasteiger partial charge in [0.1, 0.15) is 5.75 Å². The van der Waals surface area contributed by atoms with Crippen molar-refractivity contribution in [3.63, 3.8) is 0 Å². The molecule has 1 aliphatic rings.